The number of nitrogens with one attached hydrogen (secondary N) is 1. The molecule has 3 rings (SSSR count). The van der Waals surface area contributed by atoms with Crippen molar-refractivity contribution >= 4 is 17.1 Å². The number of nitrogens with zero attached hydrogens (tertiary/aromatic N) is 3. The molecule has 0 saturated carbocycles. The van der Waals surface area contributed by atoms with Crippen molar-refractivity contribution in [1.82, 2.24) is 19.5 Å². The number of aliphatic hydroxyl groups excluding tert-OH is 1. The predicted octanol–water partition coefficient (Wildman–Crippen LogP) is -0.679. The number of rotatable bonds is 2. The van der Waals surface area contributed by atoms with Crippen LogP contribution in [-0.2, 0) is 4.74 Å². The molecule has 2 aromatic heterocycles. The van der Waals surface area contributed by atoms with E-state index in [0.29, 0.717) is 0 Å². The molecular formula is C10H12FN5O3. The average molecular weight is 269 g/mol. The van der Waals surface area contributed by atoms with Crippen molar-refractivity contribution in [3.8, 4) is 0 Å². The second-order valence-corrected chi connectivity index (χ2v) is 4.55. The molecule has 9 heteroatoms. The number of aromatic amines is 1. The molecule has 2 aromatic rings. The van der Waals surface area contributed by atoms with E-state index in [2.05, 4.69) is 15.0 Å². The van der Waals surface area contributed by atoms with Crippen molar-refractivity contribution < 1.29 is 14.2 Å². The molecule has 3 heterocycles. The third-order valence-corrected chi connectivity index (χ3v) is 3.12. The number of hydrogen-bond donors (Lipinski definition) is 3. The maximum atomic E-state index is 13.9. The Morgan fingerprint density at radius 1 is 1.74 bits per heavy atom. The number of aromatic nitrogens is 4. The van der Waals surface area contributed by atoms with Crippen LogP contribution in [0.2, 0.25) is 0 Å². The van der Waals surface area contributed by atoms with Crippen LogP contribution in [0.4, 0.5) is 10.3 Å². The zero-order valence-electron chi connectivity index (χ0n) is 9.84. The van der Waals surface area contributed by atoms with Gasteiger partial charge in [-0.15, -0.1) is 0 Å². The van der Waals surface area contributed by atoms with Crippen LogP contribution in [0.15, 0.2) is 11.1 Å². The lowest BCUT2D eigenvalue weighted by atomic mass is 10.1. The van der Waals surface area contributed by atoms with Gasteiger partial charge in [0, 0.05) is 6.42 Å². The number of H-pyrrole nitrogens is 1. The first-order chi connectivity index (χ1) is 9.02. The first-order valence-electron chi connectivity index (χ1n) is 5.66. The fourth-order valence-corrected chi connectivity index (χ4v) is 2.12. The van der Waals surface area contributed by atoms with Gasteiger partial charge in [0.05, 0.1) is 19.5 Å². The van der Waals surface area contributed by atoms with E-state index in [0.717, 1.165) is 0 Å². The van der Waals surface area contributed by atoms with Crippen LogP contribution < -0.4 is 11.3 Å². The molecule has 0 radical (unpaired) electrons. The van der Waals surface area contributed by atoms with E-state index in [1.165, 1.54) is 10.9 Å². The van der Waals surface area contributed by atoms with Gasteiger partial charge in [-0.2, -0.15) is 4.98 Å². The largest absolute Gasteiger partial charge is 0.393 e. The Kier molecular flexibility index (Phi) is 2.54. The summed E-state index contributed by atoms with van der Waals surface area (Å²) in [4.78, 5) is 21.8. The Labute approximate surface area is 106 Å². The van der Waals surface area contributed by atoms with Gasteiger partial charge in [0.1, 0.15) is 6.23 Å². The van der Waals surface area contributed by atoms with Crippen LogP contribution >= 0.6 is 0 Å². The van der Waals surface area contributed by atoms with E-state index >= 15 is 0 Å². The lowest BCUT2D eigenvalue weighted by Gasteiger charge is -2.14. The molecule has 102 valence electrons. The molecule has 0 bridgehead atoms. The number of nitrogens with two attached hydrogens (primary N) is 1. The van der Waals surface area contributed by atoms with Gasteiger partial charge in [0.25, 0.3) is 5.56 Å². The fraction of sp³-hybridized carbons (Fsp3) is 0.500. The van der Waals surface area contributed by atoms with Crippen molar-refractivity contribution in [1.29, 1.82) is 0 Å². The van der Waals surface area contributed by atoms with Crippen molar-refractivity contribution in [2.45, 2.75) is 18.3 Å². The monoisotopic (exact) mass is 269 g/mol. The van der Waals surface area contributed by atoms with Gasteiger partial charge in [-0.1, -0.05) is 0 Å². The fourth-order valence-electron chi connectivity index (χ4n) is 2.12. The maximum absolute atomic E-state index is 13.9. The third-order valence-electron chi connectivity index (χ3n) is 3.12. The van der Waals surface area contributed by atoms with Gasteiger partial charge >= 0.3 is 0 Å². The summed E-state index contributed by atoms with van der Waals surface area (Å²) in [5, 5.41) is 8.97. The third kappa shape index (κ3) is 1.87. The van der Waals surface area contributed by atoms with E-state index in [4.69, 9.17) is 15.6 Å². The molecule has 8 nitrogen and oxygen atoms in total. The second kappa shape index (κ2) is 4.00. The summed E-state index contributed by atoms with van der Waals surface area (Å²) < 4.78 is 20.6. The maximum Gasteiger partial charge on any atom is 0.280 e. The van der Waals surface area contributed by atoms with E-state index < -0.39 is 24.1 Å². The number of hydrogen-bond acceptors (Lipinski definition) is 6. The summed E-state index contributed by atoms with van der Waals surface area (Å²) in [5.74, 6) is -0.0501. The molecule has 1 aliphatic heterocycles. The van der Waals surface area contributed by atoms with Crippen molar-refractivity contribution in [2.75, 3.05) is 18.9 Å². The number of fused-ring (bicyclic) bond motifs is 1. The molecule has 0 aliphatic carbocycles. The molecule has 0 aromatic carbocycles. The number of halogens is 1. The van der Waals surface area contributed by atoms with Gasteiger partial charge in [0.15, 0.2) is 16.8 Å². The summed E-state index contributed by atoms with van der Waals surface area (Å²) >= 11 is 0. The Balaban J connectivity index is 2.05. The molecule has 19 heavy (non-hydrogen) atoms. The minimum atomic E-state index is -1.78. The van der Waals surface area contributed by atoms with Gasteiger partial charge in [-0.25, -0.2) is 9.37 Å². The highest BCUT2D eigenvalue weighted by Crippen LogP contribution is 2.34. The van der Waals surface area contributed by atoms with Crippen molar-refractivity contribution in [2.24, 2.45) is 0 Å². The molecule has 4 N–H and O–H groups in total. The van der Waals surface area contributed by atoms with Crippen molar-refractivity contribution in [3.05, 3.63) is 16.7 Å². The topological polar surface area (TPSA) is 119 Å². The number of nitrogen functional groups attached to an aromatic ring is 1. The lowest BCUT2D eigenvalue weighted by molar-refractivity contribution is 0.0302. The van der Waals surface area contributed by atoms with Crippen LogP contribution in [-0.4, -0.2) is 43.5 Å². The average Bonchev–Trinajstić information content (AvgIpc) is 2.94. The molecule has 0 unspecified atom stereocenters. The van der Waals surface area contributed by atoms with E-state index in [9.17, 15) is 9.18 Å². The summed E-state index contributed by atoms with van der Waals surface area (Å²) in [7, 11) is 0. The summed E-state index contributed by atoms with van der Waals surface area (Å²) in [6.07, 6.45) is 0.638. The predicted molar refractivity (Wildman–Crippen MR) is 63.1 cm³/mol. The van der Waals surface area contributed by atoms with E-state index in [1.54, 1.807) is 0 Å². The zero-order valence-corrected chi connectivity index (χ0v) is 9.84. The number of anilines is 1. The van der Waals surface area contributed by atoms with Crippen LogP contribution in [0.5, 0.6) is 0 Å². The SMILES string of the molecule is Nc1nc2c(ncn2[C@@H]2C[C@@](F)(CO)CO2)c(=O)[nH]1. The summed E-state index contributed by atoms with van der Waals surface area (Å²) in [6.45, 7) is -0.835. The van der Waals surface area contributed by atoms with Crippen LogP contribution in [0.1, 0.15) is 12.6 Å². The molecule has 1 aliphatic rings. The lowest BCUT2D eigenvalue weighted by Crippen LogP contribution is -2.27. The smallest absolute Gasteiger partial charge is 0.280 e. The number of imidazole rings is 1. The first kappa shape index (κ1) is 12.1. The minimum Gasteiger partial charge on any atom is -0.393 e. The summed E-state index contributed by atoms with van der Waals surface area (Å²) in [6, 6.07) is 0. The second-order valence-electron chi connectivity index (χ2n) is 4.55. The molecular weight excluding hydrogens is 257 g/mol. The van der Waals surface area contributed by atoms with Gasteiger partial charge in [-0.3, -0.25) is 14.3 Å². The van der Waals surface area contributed by atoms with Gasteiger partial charge < -0.3 is 15.6 Å². The van der Waals surface area contributed by atoms with Crippen LogP contribution in [0.25, 0.3) is 11.2 Å². The van der Waals surface area contributed by atoms with E-state index in [1.807, 2.05) is 0 Å². The Morgan fingerprint density at radius 3 is 3.21 bits per heavy atom. The standard InChI is InChI=1S/C10H12FN5O3/c11-10(2-17)1-5(19-3-10)16-4-13-6-7(16)14-9(12)15-8(6)18/h4-5,17H,1-3H2,(H3,12,14,15,18)/t5-,10+/m0/s1. The molecule has 1 fully saturated rings. The molecule has 0 amide bonds. The zero-order chi connectivity index (χ0) is 13.6. The molecule has 1 saturated heterocycles. The van der Waals surface area contributed by atoms with Crippen LogP contribution in [0.3, 0.4) is 0 Å². The Bertz CT molecular complexity index is 683. The van der Waals surface area contributed by atoms with Crippen molar-refractivity contribution in [3.63, 3.8) is 0 Å². The Hall–Kier alpha value is -2.00. The highest BCUT2D eigenvalue weighted by molar-refractivity contribution is 5.70. The minimum absolute atomic E-state index is 0.0383. The van der Waals surface area contributed by atoms with Gasteiger partial charge in [0.2, 0.25) is 5.95 Å². The Morgan fingerprint density at radius 2 is 2.53 bits per heavy atom. The van der Waals surface area contributed by atoms with E-state index in [-0.39, 0.29) is 30.1 Å². The highest BCUT2D eigenvalue weighted by atomic mass is 19.1. The number of ether oxygens (including phenoxy) is 1. The molecule has 0 spiro atoms. The van der Waals surface area contributed by atoms with Crippen LogP contribution in [0, 0.1) is 0 Å². The first-order valence-corrected chi connectivity index (χ1v) is 5.66. The summed E-state index contributed by atoms with van der Waals surface area (Å²) in [5.41, 5.74) is 3.56. The quantitative estimate of drug-likeness (QED) is 0.664. The highest BCUT2D eigenvalue weighted by Gasteiger charge is 2.41. The number of aliphatic hydroxyl groups is 1. The number of alkyl halides is 1. The molecule has 2 atom stereocenters. The normalized spacial score (nSPS) is 27.2. The van der Waals surface area contributed by atoms with Gasteiger partial charge in [-0.05, 0) is 0 Å².